The molecule has 24 heavy (non-hydrogen) atoms. The number of carbonyl (C=O) groups is 1. The molecule has 0 radical (unpaired) electrons. The van der Waals surface area contributed by atoms with Crippen LogP contribution in [-0.4, -0.2) is 41.7 Å². The van der Waals surface area contributed by atoms with E-state index < -0.39 is 9.84 Å². The predicted octanol–water partition coefficient (Wildman–Crippen LogP) is 1.47. The van der Waals surface area contributed by atoms with E-state index in [1.165, 1.54) is 0 Å². The van der Waals surface area contributed by atoms with Crippen LogP contribution < -0.4 is 5.32 Å². The first-order chi connectivity index (χ1) is 11.4. The van der Waals surface area contributed by atoms with Crippen LogP contribution in [0.25, 0.3) is 0 Å². The van der Waals surface area contributed by atoms with Gasteiger partial charge in [-0.15, -0.1) is 0 Å². The summed E-state index contributed by atoms with van der Waals surface area (Å²) in [7, 11) is -3.01. The van der Waals surface area contributed by atoms with Gasteiger partial charge in [-0.1, -0.05) is 30.3 Å². The van der Waals surface area contributed by atoms with Gasteiger partial charge in [-0.05, 0) is 25.8 Å². The second kappa shape index (κ2) is 6.39. The highest BCUT2D eigenvalue weighted by Gasteiger charge is 2.30. The largest absolute Gasteiger partial charge is 0.348 e. The molecule has 1 atom stereocenters. The molecule has 1 amide bonds. The van der Waals surface area contributed by atoms with E-state index in [-0.39, 0.29) is 23.5 Å². The topological polar surface area (TPSA) is 81.1 Å². The van der Waals surface area contributed by atoms with Gasteiger partial charge in [0.15, 0.2) is 9.84 Å². The number of hydrogen-bond donors (Lipinski definition) is 1. The molecule has 2 heterocycles. The highest BCUT2D eigenvalue weighted by Crippen LogP contribution is 2.17. The van der Waals surface area contributed by atoms with Gasteiger partial charge in [0, 0.05) is 11.7 Å². The minimum Gasteiger partial charge on any atom is -0.348 e. The SMILES string of the molecule is Cc1nn(Cc2ccccc2)c(C)c1C(=O)N[C@@H]1CCS(=O)(=O)C1. The zero-order valence-corrected chi connectivity index (χ0v) is 14.6. The maximum atomic E-state index is 12.6. The summed E-state index contributed by atoms with van der Waals surface area (Å²) in [4.78, 5) is 12.6. The smallest absolute Gasteiger partial charge is 0.255 e. The molecule has 1 aliphatic rings. The minimum absolute atomic E-state index is 0.0228. The quantitative estimate of drug-likeness (QED) is 0.908. The van der Waals surface area contributed by atoms with E-state index in [2.05, 4.69) is 10.4 Å². The second-order valence-corrected chi connectivity index (χ2v) is 8.49. The first-order valence-corrected chi connectivity index (χ1v) is 9.77. The number of aromatic nitrogens is 2. The van der Waals surface area contributed by atoms with Gasteiger partial charge in [0.05, 0.1) is 29.3 Å². The van der Waals surface area contributed by atoms with E-state index in [9.17, 15) is 13.2 Å². The number of benzene rings is 1. The van der Waals surface area contributed by atoms with Gasteiger partial charge in [-0.3, -0.25) is 9.48 Å². The molecule has 2 aromatic rings. The molecule has 128 valence electrons. The Bertz CT molecular complexity index is 857. The highest BCUT2D eigenvalue weighted by atomic mass is 32.2. The van der Waals surface area contributed by atoms with Crippen molar-refractivity contribution < 1.29 is 13.2 Å². The number of nitrogens with zero attached hydrogens (tertiary/aromatic N) is 2. The van der Waals surface area contributed by atoms with Crippen LogP contribution >= 0.6 is 0 Å². The lowest BCUT2D eigenvalue weighted by atomic mass is 10.1. The van der Waals surface area contributed by atoms with Crippen molar-refractivity contribution in [2.24, 2.45) is 0 Å². The number of amides is 1. The van der Waals surface area contributed by atoms with E-state index in [1.807, 2.05) is 41.9 Å². The molecule has 1 aromatic heterocycles. The van der Waals surface area contributed by atoms with E-state index in [0.29, 0.717) is 24.2 Å². The zero-order chi connectivity index (χ0) is 17.3. The Morgan fingerprint density at radius 1 is 1.29 bits per heavy atom. The number of rotatable bonds is 4. The first kappa shape index (κ1) is 16.7. The Morgan fingerprint density at radius 3 is 2.62 bits per heavy atom. The van der Waals surface area contributed by atoms with E-state index in [4.69, 9.17) is 0 Å². The Hall–Kier alpha value is -2.15. The third-order valence-corrected chi connectivity index (χ3v) is 6.12. The number of nitrogens with one attached hydrogen (secondary N) is 1. The van der Waals surface area contributed by atoms with Crippen molar-refractivity contribution in [2.75, 3.05) is 11.5 Å². The third kappa shape index (κ3) is 3.51. The lowest BCUT2D eigenvalue weighted by Gasteiger charge is -2.11. The molecule has 0 bridgehead atoms. The van der Waals surface area contributed by atoms with E-state index in [1.54, 1.807) is 6.92 Å². The lowest BCUT2D eigenvalue weighted by molar-refractivity contribution is 0.0940. The molecule has 1 aromatic carbocycles. The van der Waals surface area contributed by atoms with E-state index in [0.717, 1.165) is 11.3 Å². The van der Waals surface area contributed by atoms with Gasteiger partial charge in [0.1, 0.15) is 0 Å². The fraction of sp³-hybridized carbons (Fsp3) is 0.412. The molecule has 0 unspecified atom stereocenters. The molecule has 0 aliphatic carbocycles. The molecule has 1 fully saturated rings. The van der Waals surface area contributed by atoms with Crippen molar-refractivity contribution in [1.82, 2.24) is 15.1 Å². The fourth-order valence-electron chi connectivity index (χ4n) is 3.10. The molecule has 1 N–H and O–H groups in total. The standard InChI is InChI=1S/C17H21N3O3S/c1-12-16(17(21)18-15-8-9-24(22,23)11-15)13(2)20(19-12)10-14-6-4-3-5-7-14/h3-7,15H,8-11H2,1-2H3,(H,18,21)/t15-/m1/s1. The van der Waals surface area contributed by atoms with E-state index >= 15 is 0 Å². The van der Waals surface area contributed by atoms with Gasteiger partial charge in [0.25, 0.3) is 5.91 Å². The number of hydrogen-bond acceptors (Lipinski definition) is 4. The summed E-state index contributed by atoms with van der Waals surface area (Å²) >= 11 is 0. The second-order valence-electron chi connectivity index (χ2n) is 6.26. The maximum absolute atomic E-state index is 12.6. The molecule has 1 aliphatic heterocycles. The average Bonchev–Trinajstić information content (AvgIpc) is 2.99. The summed E-state index contributed by atoms with van der Waals surface area (Å²) in [6.07, 6.45) is 0.477. The Morgan fingerprint density at radius 2 is 2.00 bits per heavy atom. The molecular weight excluding hydrogens is 326 g/mol. The van der Waals surface area contributed by atoms with Crippen LogP contribution in [-0.2, 0) is 16.4 Å². The lowest BCUT2D eigenvalue weighted by Crippen LogP contribution is -2.36. The summed E-state index contributed by atoms with van der Waals surface area (Å²) in [5, 5.41) is 7.31. The van der Waals surface area contributed by atoms with Crippen LogP contribution in [0.2, 0.25) is 0 Å². The van der Waals surface area contributed by atoms with Crippen molar-refractivity contribution in [3.63, 3.8) is 0 Å². The number of aryl methyl sites for hydroxylation is 1. The van der Waals surface area contributed by atoms with Crippen LogP contribution in [0.3, 0.4) is 0 Å². The zero-order valence-electron chi connectivity index (χ0n) is 13.8. The number of sulfone groups is 1. The van der Waals surface area contributed by atoms with Crippen LogP contribution in [0.15, 0.2) is 30.3 Å². The summed E-state index contributed by atoms with van der Waals surface area (Å²) in [5.74, 6) is -0.0792. The Balaban J connectivity index is 1.77. The monoisotopic (exact) mass is 347 g/mol. The molecule has 7 heteroatoms. The van der Waals surface area contributed by atoms with Gasteiger partial charge >= 0.3 is 0 Å². The van der Waals surface area contributed by atoms with Crippen LogP contribution in [0.1, 0.15) is 33.7 Å². The Labute approximate surface area is 141 Å². The van der Waals surface area contributed by atoms with Gasteiger partial charge < -0.3 is 5.32 Å². The maximum Gasteiger partial charge on any atom is 0.255 e. The molecular formula is C17H21N3O3S. The van der Waals surface area contributed by atoms with Crippen LogP contribution in [0.5, 0.6) is 0 Å². The molecule has 0 saturated carbocycles. The van der Waals surface area contributed by atoms with Crippen molar-refractivity contribution in [3.8, 4) is 0 Å². The summed E-state index contributed by atoms with van der Waals surface area (Å²) in [5.41, 5.74) is 3.09. The van der Waals surface area contributed by atoms with Gasteiger partial charge in [0.2, 0.25) is 0 Å². The van der Waals surface area contributed by atoms with Crippen LogP contribution in [0.4, 0.5) is 0 Å². The van der Waals surface area contributed by atoms with Crippen molar-refractivity contribution in [2.45, 2.75) is 32.9 Å². The molecule has 6 nitrogen and oxygen atoms in total. The van der Waals surface area contributed by atoms with Crippen molar-refractivity contribution in [1.29, 1.82) is 0 Å². The summed E-state index contributed by atoms with van der Waals surface area (Å²) < 4.78 is 24.9. The van der Waals surface area contributed by atoms with Gasteiger partial charge in [-0.2, -0.15) is 5.10 Å². The van der Waals surface area contributed by atoms with Crippen LogP contribution in [0, 0.1) is 13.8 Å². The Kier molecular flexibility index (Phi) is 4.45. The normalized spacial score (nSPS) is 19.3. The average molecular weight is 347 g/mol. The number of carbonyl (C=O) groups excluding carboxylic acids is 1. The molecule has 0 spiro atoms. The first-order valence-electron chi connectivity index (χ1n) is 7.95. The van der Waals surface area contributed by atoms with Crippen molar-refractivity contribution >= 4 is 15.7 Å². The summed E-state index contributed by atoms with van der Waals surface area (Å²) in [6.45, 7) is 4.26. The third-order valence-electron chi connectivity index (χ3n) is 4.35. The predicted molar refractivity (Wildman–Crippen MR) is 91.8 cm³/mol. The minimum atomic E-state index is -3.01. The van der Waals surface area contributed by atoms with Gasteiger partial charge in [-0.25, -0.2) is 8.42 Å². The molecule has 3 rings (SSSR count). The molecule has 1 saturated heterocycles. The van der Waals surface area contributed by atoms with Crippen molar-refractivity contribution in [3.05, 3.63) is 52.8 Å². The highest BCUT2D eigenvalue weighted by molar-refractivity contribution is 7.91. The summed E-state index contributed by atoms with van der Waals surface area (Å²) in [6, 6.07) is 9.61. The fourth-order valence-corrected chi connectivity index (χ4v) is 4.78.